The minimum atomic E-state index is 0.134. The number of ether oxygens (including phenoxy) is 1. The van der Waals surface area contributed by atoms with Crippen molar-refractivity contribution in [3.8, 4) is 5.75 Å². The van der Waals surface area contributed by atoms with Crippen LogP contribution in [0.2, 0.25) is 15.1 Å². The van der Waals surface area contributed by atoms with Crippen molar-refractivity contribution in [3.63, 3.8) is 0 Å². The largest absolute Gasteiger partial charge is 0.482 e. The minimum Gasteiger partial charge on any atom is -0.482 e. The van der Waals surface area contributed by atoms with Gasteiger partial charge in [0.2, 0.25) is 0 Å². The Labute approximate surface area is 147 Å². The summed E-state index contributed by atoms with van der Waals surface area (Å²) in [5.41, 5.74) is 1.04. The monoisotopic (exact) mass is 368 g/mol. The van der Waals surface area contributed by atoms with Crippen LogP contribution in [0.15, 0.2) is 47.0 Å². The first kappa shape index (κ1) is 16.1. The molecule has 0 aliphatic carbocycles. The maximum atomic E-state index is 6.03. The van der Waals surface area contributed by atoms with Crippen molar-refractivity contribution in [2.75, 3.05) is 0 Å². The number of benzene rings is 2. The molecule has 0 spiro atoms. The van der Waals surface area contributed by atoms with Gasteiger partial charge in [-0.05, 0) is 35.9 Å². The Hall–Kier alpha value is -1.75. The predicted octanol–water partition coefficient (Wildman–Crippen LogP) is 5.20. The molecular weight excluding hydrogens is 359 g/mol. The Morgan fingerprint density at radius 1 is 0.957 bits per heavy atom. The van der Waals surface area contributed by atoms with Gasteiger partial charge in [0, 0.05) is 16.5 Å². The van der Waals surface area contributed by atoms with E-state index in [-0.39, 0.29) is 6.61 Å². The third-order valence-corrected chi connectivity index (χ3v) is 3.81. The zero-order valence-corrected chi connectivity index (χ0v) is 14.1. The van der Waals surface area contributed by atoms with E-state index in [1.807, 2.05) is 24.3 Å². The van der Waals surface area contributed by atoms with Crippen LogP contribution < -0.4 is 4.74 Å². The standard InChI is InChI=1S/C16H11Cl3N2O2/c17-11-3-1-10(2-4-11)7-15-20-16(23-21-15)9-22-14-6-5-12(18)8-13(14)19/h1-6,8H,7,9H2. The highest BCUT2D eigenvalue weighted by Gasteiger charge is 2.09. The highest BCUT2D eigenvalue weighted by atomic mass is 35.5. The molecule has 0 fully saturated rings. The summed E-state index contributed by atoms with van der Waals surface area (Å²) in [6, 6.07) is 12.5. The molecule has 0 bridgehead atoms. The van der Waals surface area contributed by atoms with Crippen LogP contribution in [-0.4, -0.2) is 10.1 Å². The van der Waals surface area contributed by atoms with Gasteiger partial charge >= 0.3 is 0 Å². The lowest BCUT2D eigenvalue weighted by Gasteiger charge is -2.05. The van der Waals surface area contributed by atoms with Crippen molar-refractivity contribution in [3.05, 3.63) is 74.8 Å². The normalized spacial score (nSPS) is 10.7. The van der Waals surface area contributed by atoms with E-state index in [1.54, 1.807) is 18.2 Å². The summed E-state index contributed by atoms with van der Waals surface area (Å²) in [5.74, 6) is 1.46. The first-order valence-electron chi connectivity index (χ1n) is 6.74. The van der Waals surface area contributed by atoms with Gasteiger partial charge in [0.05, 0.1) is 5.02 Å². The molecule has 4 nitrogen and oxygen atoms in total. The van der Waals surface area contributed by atoms with Gasteiger partial charge in [-0.25, -0.2) is 0 Å². The number of hydrogen-bond acceptors (Lipinski definition) is 4. The molecule has 0 unspecified atom stereocenters. The first-order chi connectivity index (χ1) is 11.1. The van der Waals surface area contributed by atoms with Crippen molar-refractivity contribution in [1.29, 1.82) is 0 Å². The van der Waals surface area contributed by atoms with Crippen molar-refractivity contribution in [2.24, 2.45) is 0 Å². The van der Waals surface area contributed by atoms with E-state index in [0.717, 1.165) is 5.56 Å². The van der Waals surface area contributed by atoms with Gasteiger partial charge in [0.1, 0.15) is 5.75 Å². The first-order valence-corrected chi connectivity index (χ1v) is 7.87. The van der Waals surface area contributed by atoms with E-state index >= 15 is 0 Å². The van der Waals surface area contributed by atoms with E-state index in [9.17, 15) is 0 Å². The van der Waals surface area contributed by atoms with Crippen LogP contribution in [-0.2, 0) is 13.0 Å². The molecule has 1 aromatic heterocycles. The average Bonchev–Trinajstić information content (AvgIpc) is 2.96. The van der Waals surface area contributed by atoms with E-state index in [4.69, 9.17) is 44.1 Å². The van der Waals surface area contributed by atoms with Crippen molar-refractivity contribution >= 4 is 34.8 Å². The Morgan fingerprint density at radius 2 is 1.70 bits per heavy atom. The predicted molar refractivity (Wildman–Crippen MR) is 89.4 cm³/mol. The molecule has 3 aromatic rings. The van der Waals surface area contributed by atoms with Gasteiger partial charge in [-0.3, -0.25) is 0 Å². The highest BCUT2D eigenvalue weighted by molar-refractivity contribution is 6.35. The molecule has 118 valence electrons. The second kappa shape index (κ2) is 7.21. The average molecular weight is 370 g/mol. The number of nitrogens with zero attached hydrogens (tertiary/aromatic N) is 2. The molecule has 23 heavy (non-hydrogen) atoms. The fraction of sp³-hybridized carbons (Fsp3) is 0.125. The van der Waals surface area contributed by atoms with E-state index in [0.29, 0.717) is 39.0 Å². The third kappa shape index (κ3) is 4.38. The molecule has 0 aliphatic rings. The molecule has 1 heterocycles. The molecule has 0 saturated heterocycles. The summed E-state index contributed by atoms with van der Waals surface area (Å²) >= 11 is 17.7. The Balaban J connectivity index is 1.62. The lowest BCUT2D eigenvalue weighted by Crippen LogP contribution is -1.97. The number of halogens is 3. The molecule has 0 saturated carbocycles. The lowest BCUT2D eigenvalue weighted by molar-refractivity contribution is 0.242. The van der Waals surface area contributed by atoms with Gasteiger partial charge in [-0.15, -0.1) is 0 Å². The van der Waals surface area contributed by atoms with Gasteiger partial charge in [0.15, 0.2) is 12.4 Å². The van der Waals surface area contributed by atoms with E-state index in [1.165, 1.54) is 0 Å². The third-order valence-electron chi connectivity index (χ3n) is 3.03. The number of rotatable bonds is 5. The summed E-state index contributed by atoms with van der Waals surface area (Å²) in [4.78, 5) is 4.29. The van der Waals surface area contributed by atoms with E-state index in [2.05, 4.69) is 10.1 Å². The topological polar surface area (TPSA) is 48.2 Å². The molecule has 0 radical (unpaired) electrons. The Kier molecular flexibility index (Phi) is 5.06. The highest BCUT2D eigenvalue weighted by Crippen LogP contribution is 2.28. The van der Waals surface area contributed by atoms with Crippen LogP contribution in [0.1, 0.15) is 17.3 Å². The van der Waals surface area contributed by atoms with Gasteiger partial charge in [-0.1, -0.05) is 52.1 Å². The van der Waals surface area contributed by atoms with Crippen LogP contribution in [0.25, 0.3) is 0 Å². The summed E-state index contributed by atoms with van der Waals surface area (Å²) < 4.78 is 10.7. The van der Waals surface area contributed by atoms with Crippen molar-refractivity contribution in [1.82, 2.24) is 10.1 Å². The molecule has 7 heteroatoms. The maximum Gasteiger partial charge on any atom is 0.264 e. The summed E-state index contributed by atoms with van der Waals surface area (Å²) in [5, 5.41) is 5.60. The number of aromatic nitrogens is 2. The number of hydrogen-bond donors (Lipinski definition) is 0. The quantitative estimate of drug-likeness (QED) is 0.620. The van der Waals surface area contributed by atoms with Gasteiger partial charge in [-0.2, -0.15) is 4.98 Å². The van der Waals surface area contributed by atoms with Crippen molar-refractivity contribution in [2.45, 2.75) is 13.0 Å². The molecule has 3 rings (SSSR count). The second-order valence-corrected chi connectivity index (χ2v) is 6.05. The molecule has 0 amide bonds. The van der Waals surface area contributed by atoms with Gasteiger partial charge < -0.3 is 9.26 Å². The summed E-state index contributed by atoms with van der Waals surface area (Å²) in [7, 11) is 0. The fourth-order valence-corrected chi connectivity index (χ4v) is 2.53. The Bertz CT molecular complexity index is 803. The van der Waals surface area contributed by atoms with Crippen LogP contribution in [0.5, 0.6) is 5.75 Å². The van der Waals surface area contributed by atoms with Crippen LogP contribution in [0.3, 0.4) is 0 Å². The molecule has 2 aromatic carbocycles. The van der Waals surface area contributed by atoms with Crippen LogP contribution in [0.4, 0.5) is 0 Å². The smallest absolute Gasteiger partial charge is 0.264 e. The van der Waals surface area contributed by atoms with E-state index < -0.39 is 0 Å². The molecule has 0 N–H and O–H groups in total. The zero-order valence-electron chi connectivity index (χ0n) is 11.8. The molecular formula is C16H11Cl3N2O2. The molecule has 0 aliphatic heterocycles. The second-order valence-electron chi connectivity index (χ2n) is 4.77. The van der Waals surface area contributed by atoms with Crippen LogP contribution in [0, 0.1) is 0 Å². The fourth-order valence-electron chi connectivity index (χ4n) is 1.94. The summed E-state index contributed by atoms with van der Waals surface area (Å²) in [6.45, 7) is 0.134. The maximum absolute atomic E-state index is 6.03. The van der Waals surface area contributed by atoms with Gasteiger partial charge in [0.25, 0.3) is 5.89 Å². The van der Waals surface area contributed by atoms with Crippen molar-refractivity contribution < 1.29 is 9.26 Å². The van der Waals surface area contributed by atoms with Crippen LogP contribution >= 0.6 is 34.8 Å². The lowest BCUT2D eigenvalue weighted by atomic mass is 10.1. The zero-order chi connectivity index (χ0) is 16.2. The Morgan fingerprint density at radius 3 is 2.43 bits per heavy atom. The SMILES string of the molecule is Clc1ccc(Cc2noc(COc3ccc(Cl)cc3Cl)n2)cc1. The molecule has 0 atom stereocenters. The summed E-state index contributed by atoms with van der Waals surface area (Å²) in [6.07, 6.45) is 0.558. The minimum absolute atomic E-state index is 0.134.